The van der Waals surface area contributed by atoms with Gasteiger partial charge in [0, 0.05) is 19.2 Å². The lowest BCUT2D eigenvalue weighted by Crippen LogP contribution is -1.95. The van der Waals surface area contributed by atoms with Crippen LogP contribution in [0.3, 0.4) is 0 Å². The van der Waals surface area contributed by atoms with Gasteiger partial charge in [-0.25, -0.2) is 4.98 Å². The number of rotatable bonds is 3. The fraction of sp³-hybridized carbons (Fsp3) is 0.188. The van der Waals surface area contributed by atoms with E-state index in [1.807, 2.05) is 42.8 Å². The van der Waals surface area contributed by atoms with Gasteiger partial charge in [-0.3, -0.25) is 0 Å². The number of nitrogens with zero attached hydrogens (tertiary/aromatic N) is 2. The predicted octanol–water partition coefficient (Wildman–Crippen LogP) is 3.26. The minimum absolute atomic E-state index is 0.600. The lowest BCUT2D eigenvalue weighted by atomic mass is 10.2. The van der Waals surface area contributed by atoms with Crippen molar-refractivity contribution in [3.8, 4) is 17.2 Å². The number of nitrogen functional groups attached to an aromatic ring is 1. The first-order valence-corrected chi connectivity index (χ1v) is 6.61. The molecule has 0 fully saturated rings. The number of hydrogen-bond donors (Lipinski definition) is 1. The summed E-state index contributed by atoms with van der Waals surface area (Å²) >= 11 is 0. The van der Waals surface area contributed by atoms with Gasteiger partial charge in [-0.05, 0) is 30.7 Å². The average molecular weight is 283 g/mol. The Morgan fingerprint density at radius 2 is 1.95 bits per heavy atom. The van der Waals surface area contributed by atoms with Crippen LogP contribution in [0.4, 0.5) is 5.69 Å². The van der Waals surface area contributed by atoms with Gasteiger partial charge in [-0.1, -0.05) is 0 Å². The molecule has 0 radical (unpaired) electrons. The van der Waals surface area contributed by atoms with Crippen LogP contribution in [0.25, 0.3) is 11.0 Å². The Kier molecular flexibility index (Phi) is 3.17. The second-order valence-corrected chi connectivity index (χ2v) is 4.97. The summed E-state index contributed by atoms with van der Waals surface area (Å²) in [5.74, 6) is 2.06. The number of benzene rings is 2. The normalized spacial score (nSPS) is 10.8. The largest absolute Gasteiger partial charge is 0.494 e. The molecule has 1 heterocycles. The number of ether oxygens (including phenoxy) is 2. The molecule has 0 aliphatic heterocycles. The van der Waals surface area contributed by atoms with Crippen molar-refractivity contribution in [3.05, 3.63) is 42.2 Å². The first-order chi connectivity index (χ1) is 10.1. The number of fused-ring (bicyclic) bond motifs is 1. The maximum absolute atomic E-state index is 5.94. The molecule has 0 spiro atoms. The maximum Gasteiger partial charge on any atom is 0.145 e. The molecule has 0 saturated carbocycles. The van der Waals surface area contributed by atoms with E-state index in [4.69, 9.17) is 15.2 Å². The van der Waals surface area contributed by atoms with Crippen molar-refractivity contribution in [3.63, 3.8) is 0 Å². The third-order valence-electron chi connectivity index (χ3n) is 3.45. The molecule has 3 aromatic rings. The summed E-state index contributed by atoms with van der Waals surface area (Å²) in [6, 6.07) is 9.46. The highest BCUT2D eigenvalue weighted by Crippen LogP contribution is 2.34. The fourth-order valence-electron chi connectivity index (χ4n) is 2.28. The summed E-state index contributed by atoms with van der Waals surface area (Å²) in [7, 11) is 3.55. The lowest BCUT2D eigenvalue weighted by molar-refractivity contribution is 0.410. The number of methoxy groups -OCH3 is 1. The van der Waals surface area contributed by atoms with Crippen LogP contribution < -0.4 is 15.2 Å². The van der Waals surface area contributed by atoms with Crippen LogP contribution in [0.5, 0.6) is 17.2 Å². The van der Waals surface area contributed by atoms with Crippen LogP contribution in [0.15, 0.2) is 36.7 Å². The van der Waals surface area contributed by atoms with Gasteiger partial charge < -0.3 is 19.8 Å². The van der Waals surface area contributed by atoms with E-state index in [1.54, 1.807) is 19.5 Å². The smallest absolute Gasteiger partial charge is 0.145 e. The standard InChI is InChI=1S/C16H17N3O2/c1-10-6-12(17)16(20-3)8-15(10)21-11-4-5-14-13(7-11)18-9-19(14)2/h4-9H,17H2,1-3H3. The van der Waals surface area contributed by atoms with E-state index in [1.165, 1.54) is 0 Å². The summed E-state index contributed by atoms with van der Waals surface area (Å²) in [6.45, 7) is 1.95. The molecular formula is C16H17N3O2. The van der Waals surface area contributed by atoms with E-state index in [2.05, 4.69) is 4.98 Å². The highest BCUT2D eigenvalue weighted by atomic mass is 16.5. The minimum Gasteiger partial charge on any atom is -0.494 e. The third kappa shape index (κ3) is 2.38. The molecule has 21 heavy (non-hydrogen) atoms. The maximum atomic E-state index is 5.94. The second-order valence-electron chi connectivity index (χ2n) is 4.97. The van der Waals surface area contributed by atoms with Crippen LogP contribution in [-0.2, 0) is 7.05 Å². The minimum atomic E-state index is 0.600. The fourth-order valence-corrected chi connectivity index (χ4v) is 2.28. The van der Waals surface area contributed by atoms with Crippen LogP contribution >= 0.6 is 0 Å². The highest BCUT2D eigenvalue weighted by Gasteiger charge is 2.09. The molecule has 5 heteroatoms. The zero-order chi connectivity index (χ0) is 15.0. The Morgan fingerprint density at radius 1 is 1.14 bits per heavy atom. The molecule has 2 aromatic carbocycles. The second kappa shape index (κ2) is 5.01. The topological polar surface area (TPSA) is 62.3 Å². The molecule has 5 nitrogen and oxygen atoms in total. The number of imidazole rings is 1. The van der Waals surface area contributed by atoms with Gasteiger partial charge in [0.05, 0.1) is 30.2 Å². The number of nitrogens with two attached hydrogens (primary N) is 1. The van der Waals surface area contributed by atoms with Crippen molar-refractivity contribution in [2.75, 3.05) is 12.8 Å². The molecule has 0 aliphatic rings. The van der Waals surface area contributed by atoms with E-state index in [0.717, 1.165) is 28.1 Å². The molecule has 0 amide bonds. The van der Waals surface area contributed by atoms with Crippen LogP contribution in [0, 0.1) is 6.92 Å². The Labute approximate surface area is 122 Å². The van der Waals surface area contributed by atoms with Crippen molar-refractivity contribution in [2.45, 2.75) is 6.92 Å². The Morgan fingerprint density at radius 3 is 2.71 bits per heavy atom. The summed E-state index contributed by atoms with van der Waals surface area (Å²) < 4.78 is 13.1. The molecule has 2 N–H and O–H groups in total. The van der Waals surface area contributed by atoms with Crippen molar-refractivity contribution in [1.29, 1.82) is 0 Å². The SMILES string of the molecule is COc1cc(Oc2ccc3c(c2)ncn3C)c(C)cc1N. The summed E-state index contributed by atoms with van der Waals surface area (Å²) in [5, 5.41) is 0. The van der Waals surface area contributed by atoms with Crippen molar-refractivity contribution in [2.24, 2.45) is 7.05 Å². The van der Waals surface area contributed by atoms with Crippen LogP contribution in [0.1, 0.15) is 5.56 Å². The van der Waals surface area contributed by atoms with E-state index >= 15 is 0 Å². The zero-order valence-corrected chi connectivity index (χ0v) is 12.3. The Hall–Kier alpha value is -2.69. The molecule has 0 bridgehead atoms. The monoisotopic (exact) mass is 283 g/mol. The molecule has 0 saturated heterocycles. The molecule has 0 aliphatic carbocycles. The first kappa shape index (κ1) is 13.3. The molecule has 3 rings (SSSR count). The molecule has 0 atom stereocenters. The number of anilines is 1. The average Bonchev–Trinajstić information content (AvgIpc) is 2.83. The molecular weight excluding hydrogens is 266 g/mol. The van der Waals surface area contributed by atoms with Gasteiger partial charge in [-0.2, -0.15) is 0 Å². The molecule has 108 valence electrons. The van der Waals surface area contributed by atoms with Gasteiger partial charge in [0.2, 0.25) is 0 Å². The van der Waals surface area contributed by atoms with E-state index in [-0.39, 0.29) is 0 Å². The van der Waals surface area contributed by atoms with Crippen molar-refractivity contribution in [1.82, 2.24) is 9.55 Å². The van der Waals surface area contributed by atoms with Gasteiger partial charge in [-0.15, -0.1) is 0 Å². The summed E-state index contributed by atoms with van der Waals surface area (Å²) in [4.78, 5) is 4.33. The lowest BCUT2D eigenvalue weighted by Gasteiger charge is -2.12. The Bertz CT molecular complexity index is 809. The van der Waals surface area contributed by atoms with Crippen molar-refractivity contribution >= 4 is 16.7 Å². The predicted molar refractivity (Wildman–Crippen MR) is 82.9 cm³/mol. The van der Waals surface area contributed by atoms with E-state index in [0.29, 0.717) is 11.4 Å². The van der Waals surface area contributed by atoms with E-state index < -0.39 is 0 Å². The molecule has 0 unspecified atom stereocenters. The number of hydrogen-bond acceptors (Lipinski definition) is 4. The number of aromatic nitrogens is 2. The van der Waals surface area contributed by atoms with Crippen molar-refractivity contribution < 1.29 is 9.47 Å². The first-order valence-electron chi connectivity index (χ1n) is 6.61. The summed E-state index contributed by atoms with van der Waals surface area (Å²) in [5.41, 5.74) is 9.39. The van der Waals surface area contributed by atoms with E-state index in [9.17, 15) is 0 Å². The third-order valence-corrected chi connectivity index (χ3v) is 3.45. The molecule has 1 aromatic heterocycles. The quantitative estimate of drug-likeness (QED) is 0.749. The van der Waals surface area contributed by atoms with Crippen LogP contribution in [0.2, 0.25) is 0 Å². The number of aryl methyl sites for hydroxylation is 2. The van der Waals surface area contributed by atoms with Gasteiger partial charge in [0.1, 0.15) is 17.2 Å². The van der Waals surface area contributed by atoms with Gasteiger partial charge in [0.25, 0.3) is 0 Å². The summed E-state index contributed by atoms with van der Waals surface area (Å²) in [6.07, 6.45) is 1.78. The van der Waals surface area contributed by atoms with Crippen LogP contribution in [-0.4, -0.2) is 16.7 Å². The zero-order valence-electron chi connectivity index (χ0n) is 12.3. The van der Waals surface area contributed by atoms with Gasteiger partial charge in [0.15, 0.2) is 0 Å². The van der Waals surface area contributed by atoms with Gasteiger partial charge >= 0.3 is 0 Å². The highest BCUT2D eigenvalue weighted by molar-refractivity contribution is 5.77. The Balaban J connectivity index is 1.98.